The minimum atomic E-state index is -0.884. The van der Waals surface area contributed by atoms with E-state index >= 15 is 0 Å². The molecule has 0 aromatic carbocycles. The number of carbonyl (C=O) groups is 2. The van der Waals surface area contributed by atoms with E-state index in [1.54, 1.807) is 25.7 Å². The second-order valence-electron chi connectivity index (χ2n) is 6.00. The van der Waals surface area contributed by atoms with E-state index in [4.69, 9.17) is 11.6 Å². The molecule has 0 bridgehead atoms. The SMILES string of the molecule is Cc1c(Cl)nc(C(C)C)nc1N1CC(=O)NC(=O)C1(C)C. The average Bonchev–Trinajstić information content (AvgIpc) is 2.37. The van der Waals surface area contributed by atoms with Crippen molar-refractivity contribution in [1.29, 1.82) is 0 Å². The molecule has 2 heterocycles. The van der Waals surface area contributed by atoms with E-state index in [1.165, 1.54) is 0 Å². The Bertz CT molecular complexity index is 613. The van der Waals surface area contributed by atoms with Crippen LogP contribution in [0.15, 0.2) is 0 Å². The number of hydrogen-bond donors (Lipinski definition) is 1. The predicted octanol–water partition coefficient (Wildman–Crippen LogP) is 1.80. The number of amides is 2. The molecule has 1 N–H and O–H groups in total. The van der Waals surface area contributed by atoms with Crippen LogP contribution in [0.5, 0.6) is 0 Å². The Hall–Kier alpha value is -1.69. The summed E-state index contributed by atoms with van der Waals surface area (Å²) in [5, 5.41) is 2.69. The topological polar surface area (TPSA) is 75.2 Å². The second-order valence-corrected chi connectivity index (χ2v) is 6.36. The van der Waals surface area contributed by atoms with Crippen LogP contribution in [-0.2, 0) is 9.59 Å². The Morgan fingerprint density at radius 2 is 1.90 bits per heavy atom. The molecule has 0 aliphatic carbocycles. The normalized spacial score (nSPS) is 18.1. The summed E-state index contributed by atoms with van der Waals surface area (Å²) in [7, 11) is 0. The second kappa shape index (κ2) is 5.26. The number of rotatable bonds is 2. The van der Waals surface area contributed by atoms with Gasteiger partial charge in [-0.3, -0.25) is 14.9 Å². The Labute approximate surface area is 128 Å². The van der Waals surface area contributed by atoms with Crippen LogP contribution in [0.4, 0.5) is 5.82 Å². The lowest BCUT2D eigenvalue weighted by molar-refractivity contribution is -0.135. The first-order valence-corrected chi connectivity index (χ1v) is 7.18. The van der Waals surface area contributed by atoms with Gasteiger partial charge in [0.25, 0.3) is 5.91 Å². The summed E-state index contributed by atoms with van der Waals surface area (Å²) in [6.07, 6.45) is 0. The van der Waals surface area contributed by atoms with Crippen molar-refractivity contribution in [2.24, 2.45) is 0 Å². The van der Waals surface area contributed by atoms with Crippen molar-refractivity contribution in [2.45, 2.75) is 46.1 Å². The molecular weight excluding hydrogens is 292 g/mol. The number of nitrogens with zero attached hydrogens (tertiary/aromatic N) is 3. The molecule has 1 aliphatic heterocycles. The molecule has 0 radical (unpaired) electrons. The number of imide groups is 1. The summed E-state index contributed by atoms with van der Waals surface area (Å²) in [5.74, 6) is 0.527. The van der Waals surface area contributed by atoms with Crippen molar-refractivity contribution < 1.29 is 9.59 Å². The van der Waals surface area contributed by atoms with Gasteiger partial charge in [-0.15, -0.1) is 0 Å². The van der Waals surface area contributed by atoms with Crippen LogP contribution in [0.25, 0.3) is 0 Å². The van der Waals surface area contributed by atoms with Crippen molar-refractivity contribution in [1.82, 2.24) is 15.3 Å². The average molecular weight is 311 g/mol. The Balaban J connectivity index is 2.58. The van der Waals surface area contributed by atoms with E-state index in [0.717, 1.165) is 0 Å². The van der Waals surface area contributed by atoms with Crippen LogP contribution in [0.3, 0.4) is 0 Å². The van der Waals surface area contributed by atoms with Gasteiger partial charge in [0.15, 0.2) is 0 Å². The molecule has 2 rings (SSSR count). The number of aromatic nitrogens is 2. The lowest BCUT2D eigenvalue weighted by Crippen LogP contribution is -2.64. The van der Waals surface area contributed by atoms with Crippen molar-refractivity contribution in [3.63, 3.8) is 0 Å². The fraction of sp³-hybridized carbons (Fsp3) is 0.571. The number of anilines is 1. The van der Waals surface area contributed by atoms with Gasteiger partial charge in [0.05, 0.1) is 6.54 Å². The predicted molar refractivity (Wildman–Crippen MR) is 80.4 cm³/mol. The maximum Gasteiger partial charge on any atom is 0.251 e. The highest BCUT2D eigenvalue weighted by molar-refractivity contribution is 6.30. The van der Waals surface area contributed by atoms with Crippen LogP contribution < -0.4 is 10.2 Å². The first-order chi connectivity index (χ1) is 9.64. The van der Waals surface area contributed by atoms with E-state index in [9.17, 15) is 9.59 Å². The molecule has 0 unspecified atom stereocenters. The van der Waals surface area contributed by atoms with Gasteiger partial charge in [-0.1, -0.05) is 25.4 Å². The van der Waals surface area contributed by atoms with Crippen LogP contribution >= 0.6 is 11.6 Å². The number of carbonyl (C=O) groups excluding carboxylic acids is 2. The number of halogens is 1. The molecule has 21 heavy (non-hydrogen) atoms. The molecule has 1 fully saturated rings. The molecule has 1 aromatic rings. The highest BCUT2D eigenvalue weighted by Crippen LogP contribution is 2.31. The van der Waals surface area contributed by atoms with E-state index in [-0.39, 0.29) is 24.3 Å². The van der Waals surface area contributed by atoms with Gasteiger partial charge in [-0.25, -0.2) is 9.97 Å². The smallest absolute Gasteiger partial charge is 0.251 e. The highest BCUT2D eigenvalue weighted by Gasteiger charge is 2.42. The number of piperazine rings is 1. The number of hydrogen-bond acceptors (Lipinski definition) is 5. The first-order valence-electron chi connectivity index (χ1n) is 6.80. The van der Waals surface area contributed by atoms with E-state index in [2.05, 4.69) is 15.3 Å². The van der Waals surface area contributed by atoms with Gasteiger partial charge in [-0.2, -0.15) is 0 Å². The van der Waals surface area contributed by atoms with E-state index < -0.39 is 5.54 Å². The van der Waals surface area contributed by atoms with Crippen LogP contribution in [0, 0.1) is 6.92 Å². The molecule has 1 saturated heterocycles. The van der Waals surface area contributed by atoms with Crippen LogP contribution in [0.1, 0.15) is 45.0 Å². The summed E-state index contributed by atoms with van der Waals surface area (Å²) >= 11 is 6.18. The third-order valence-electron chi connectivity index (χ3n) is 3.64. The van der Waals surface area contributed by atoms with Gasteiger partial charge >= 0.3 is 0 Å². The zero-order chi connectivity index (χ0) is 15.9. The maximum absolute atomic E-state index is 12.1. The fourth-order valence-electron chi connectivity index (χ4n) is 2.14. The molecule has 1 aromatic heterocycles. The molecule has 1 aliphatic rings. The molecule has 2 amide bonds. The lowest BCUT2D eigenvalue weighted by Gasteiger charge is -2.41. The monoisotopic (exact) mass is 310 g/mol. The van der Waals surface area contributed by atoms with Crippen molar-refractivity contribution in [3.05, 3.63) is 16.5 Å². The van der Waals surface area contributed by atoms with Crippen molar-refractivity contribution in [3.8, 4) is 0 Å². The van der Waals surface area contributed by atoms with E-state index in [0.29, 0.717) is 22.4 Å². The summed E-state index contributed by atoms with van der Waals surface area (Å²) in [6, 6.07) is 0. The maximum atomic E-state index is 12.1. The van der Waals surface area contributed by atoms with Gasteiger partial charge in [0.2, 0.25) is 5.91 Å². The number of nitrogens with one attached hydrogen (secondary N) is 1. The summed E-state index contributed by atoms with van der Waals surface area (Å²) in [5.41, 5.74) is -0.221. The van der Waals surface area contributed by atoms with Gasteiger partial charge in [0, 0.05) is 11.5 Å². The Kier molecular flexibility index (Phi) is 3.93. The lowest BCUT2D eigenvalue weighted by atomic mass is 9.98. The zero-order valence-corrected chi connectivity index (χ0v) is 13.6. The zero-order valence-electron chi connectivity index (χ0n) is 12.8. The Morgan fingerprint density at radius 3 is 2.48 bits per heavy atom. The molecule has 0 spiro atoms. The summed E-state index contributed by atoms with van der Waals surface area (Å²) in [6.45, 7) is 9.27. The molecule has 114 valence electrons. The van der Waals surface area contributed by atoms with Crippen LogP contribution in [0.2, 0.25) is 5.15 Å². The summed E-state index contributed by atoms with van der Waals surface area (Å²) in [4.78, 5) is 34.2. The Morgan fingerprint density at radius 1 is 1.29 bits per heavy atom. The molecule has 0 atom stereocenters. The standard InChI is InChI=1S/C14H19ClN4O2/c1-7(2)11-17-10(15)8(3)12(18-11)19-6-9(20)16-13(21)14(19,4)5/h7H,6H2,1-5H3,(H,16,20,21). The van der Waals surface area contributed by atoms with Crippen LogP contribution in [-0.4, -0.2) is 33.9 Å². The minimum absolute atomic E-state index is 0.0600. The van der Waals surface area contributed by atoms with Gasteiger partial charge < -0.3 is 4.90 Å². The minimum Gasteiger partial charge on any atom is -0.333 e. The quantitative estimate of drug-likeness (QED) is 0.666. The van der Waals surface area contributed by atoms with Crippen molar-refractivity contribution in [2.75, 3.05) is 11.4 Å². The highest BCUT2D eigenvalue weighted by atomic mass is 35.5. The third kappa shape index (κ3) is 2.72. The molecule has 7 heteroatoms. The molecule has 6 nitrogen and oxygen atoms in total. The third-order valence-corrected chi connectivity index (χ3v) is 4.00. The molecule has 0 saturated carbocycles. The van der Waals surface area contributed by atoms with E-state index in [1.807, 2.05) is 13.8 Å². The van der Waals surface area contributed by atoms with Gasteiger partial charge in [-0.05, 0) is 20.8 Å². The summed E-state index contributed by atoms with van der Waals surface area (Å²) < 4.78 is 0. The first kappa shape index (κ1) is 15.7. The molecular formula is C14H19ClN4O2. The fourth-order valence-corrected chi connectivity index (χ4v) is 2.31. The van der Waals surface area contributed by atoms with Crippen molar-refractivity contribution >= 4 is 29.2 Å². The largest absolute Gasteiger partial charge is 0.333 e. The van der Waals surface area contributed by atoms with Gasteiger partial charge in [0.1, 0.15) is 22.3 Å².